The van der Waals surface area contributed by atoms with E-state index in [1.54, 1.807) is 24.3 Å². The second-order valence-electron chi connectivity index (χ2n) is 3.35. The summed E-state index contributed by atoms with van der Waals surface area (Å²) in [6.45, 7) is 0. The Labute approximate surface area is 97.7 Å². The molecular formula is C12H9N3O2. The van der Waals surface area contributed by atoms with Gasteiger partial charge in [0.1, 0.15) is 6.26 Å². The molecular weight excluding hydrogens is 218 g/mol. The number of hydrogen-bond acceptors (Lipinski definition) is 4. The van der Waals surface area contributed by atoms with Gasteiger partial charge in [-0.15, -0.1) is 0 Å². The second kappa shape index (κ2) is 4.94. The summed E-state index contributed by atoms with van der Waals surface area (Å²) in [6.07, 6.45) is 1.35. The van der Waals surface area contributed by atoms with Gasteiger partial charge in [0.2, 0.25) is 5.91 Å². The van der Waals surface area contributed by atoms with Crippen LogP contribution in [0.4, 0.5) is 5.82 Å². The third kappa shape index (κ3) is 2.49. The van der Waals surface area contributed by atoms with E-state index < -0.39 is 11.8 Å². The number of anilines is 1. The Hall–Kier alpha value is -2.61. The monoisotopic (exact) mass is 227 g/mol. The minimum Gasteiger partial charge on any atom is -0.363 e. The van der Waals surface area contributed by atoms with Gasteiger partial charge in [0.15, 0.2) is 11.7 Å². The summed E-state index contributed by atoms with van der Waals surface area (Å²) >= 11 is 0. The van der Waals surface area contributed by atoms with Crippen molar-refractivity contribution in [1.29, 1.82) is 5.26 Å². The van der Waals surface area contributed by atoms with E-state index in [0.717, 1.165) is 0 Å². The maximum absolute atomic E-state index is 11.8. The average Bonchev–Trinajstić information content (AvgIpc) is 2.84. The SMILES string of the molecule is N#CC(C(=O)Nc1ccon1)c1ccccc1. The minimum absolute atomic E-state index is 0.297. The molecule has 0 spiro atoms. The molecule has 1 aromatic carbocycles. The lowest BCUT2D eigenvalue weighted by Gasteiger charge is -2.07. The van der Waals surface area contributed by atoms with Gasteiger partial charge >= 0.3 is 0 Å². The number of amides is 1. The maximum atomic E-state index is 11.8. The summed E-state index contributed by atoms with van der Waals surface area (Å²) in [5.41, 5.74) is 0.649. The van der Waals surface area contributed by atoms with Crippen LogP contribution in [0.5, 0.6) is 0 Å². The number of benzene rings is 1. The summed E-state index contributed by atoms with van der Waals surface area (Å²) in [7, 11) is 0. The zero-order valence-electron chi connectivity index (χ0n) is 8.83. The largest absolute Gasteiger partial charge is 0.363 e. The molecule has 17 heavy (non-hydrogen) atoms. The third-order valence-corrected chi connectivity index (χ3v) is 2.21. The van der Waals surface area contributed by atoms with E-state index in [0.29, 0.717) is 11.4 Å². The number of carbonyl (C=O) groups excluding carboxylic acids is 1. The lowest BCUT2D eigenvalue weighted by Crippen LogP contribution is -2.20. The summed E-state index contributed by atoms with van der Waals surface area (Å²) in [6, 6.07) is 12.3. The van der Waals surface area contributed by atoms with Gasteiger partial charge in [0.25, 0.3) is 0 Å². The van der Waals surface area contributed by atoms with Crippen LogP contribution in [0.1, 0.15) is 11.5 Å². The van der Waals surface area contributed by atoms with Gasteiger partial charge in [-0.25, -0.2) is 0 Å². The van der Waals surface area contributed by atoms with Crippen LogP contribution in [0.3, 0.4) is 0 Å². The Morgan fingerprint density at radius 3 is 2.71 bits per heavy atom. The molecule has 0 bridgehead atoms. The normalized spacial score (nSPS) is 11.5. The molecule has 1 unspecified atom stereocenters. The molecule has 84 valence electrons. The summed E-state index contributed by atoms with van der Waals surface area (Å²) in [5, 5.41) is 15.1. The molecule has 0 aliphatic heterocycles. The lowest BCUT2D eigenvalue weighted by atomic mass is 10.00. The van der Waals surface area contributed by atoms with Crippen LogP contribution in [-0.4, -0.2) is 11.1 Å². The number of aromatic nitrogens is 1. The molecule has 1 heterocycles. The van der Waals surface area contributed by atoms with Crippen molar-refractivity contribution in [2.75, 3.05) is 5.32 Å². The van der Waals surface area contributed by atoms with Crippen LogP contribution >= 0.6 is 0 Å². The summed E-state index contributed by atoms with van der Waals surface area (Å²) < 4.78 is 4.59. The molecule has 2 rings (SSSR count). The molecule has 0 aliphatic carbocycles. The van der Waals surface area contributed by atoms with Gasteiger partial charge in [-0.3, -0.25) is 4.79 Å². The van der Waals surface area contributed by atoms with Crippen molar-refractivity contribution in [3.8, 4) is 6.07 Å². The van der Waals surface area contributed by atoms with Crippen molar-refractivity contribution < 1.29 is 9.32 Å². The van der Waals surface area contributed by atoms with Crippen LogP contribution in [0.15, 0.2) is 47.2 Å². The predicted octanol–water partition coefficient (Wildman–Crippen LogP) is 1.92. The molecule has 2 aromatic rings. The summed E-state index contributed by atoms with van der Waals surface area (Å²) in [5.74, 6) is -0.980. The third-order valence-electron chi connectivity index (χ3n) is 2.21. The fourth-order valence-electron chi connectivity index (χ4n) is 1.41. The van der Waals surface area contributed by atoms with Crippen molar-refractivity contribution in [2.24, 2.45) is 0 Å². The smallest absolute Gasteiger partial charge is 0.247 e. The fraction of sp³-hybridized carbons (Fsp3) is 0.0833. The van der Waals surface area contributed by atoms with E-state index in [1.165, 1.54) is 12.3 Å². The summed E-state index contributed by atoms with van der Waals surface area (Å²) in [4.78, 5) is 11.8. The van der Waals surface area contributed by atoms with Crippen LogP contribution < -0.4 is 5.32 Å². The first-order chi connectivity index (χ1) is 8.31. The van der Waals surface area contributed by atoms with Gasteiger partial charge < -0.3 is 9.84 Å². The Bertz CT molecular complexity index is 529. The zero-order valence-corrected chi connectivity index (χ0v) is 8.83. The molecule has 1 atom stereocenters. The first-order valence-corrected chi connectivity index (χ1v) is 4.97. The van der Waals surface area contributed by atoms with E-state index in [4.69, 9.17) is 5.26 Å². The highest BCUT2D eigenvalue weighted by Gasteiger charge is 2.20. The molecule has 0 aliphatic rings. The first-order valence-electron chi connectivity index (χ1n) is 4.97. The molecule has 0 saturated carbocycles. The molecule has 0 radical (unpaired) electrons. The van der Waals surface area contributed by atoms with Crippen molar-refractivity contribution in [3.63, 3.8) is 0 Å². The van der Waals surface area contributed by atoms with Gasteiger partial charge in [-0.1, -0.05) is 35.5 Å². The Balaban J connectivity index is 2.15. The zero-order chi connectivity index (χ0) is 12.1. The van der Waals surface area contributed by atoms with Gasteiger partial charge in [-0.05, 0) is 5.56 Å². The minimum atomic E-state index is -0.854. The van der Waals surface area contributed by atoms with Gasteiger partial charge in [0, 0.05) is 6.07 Å². The Morgan fingerprint density at radius 2 is 2.12 bits per heavy atom. The number of nitrogens with zero attached hydrogens (tertiary/aromatic N) is 2. The van der Waals surface area contributed by atoms with Crippen LogP contribution in [0, 0.1) is 11.3 Å². The number of rotatable bonds is 3. The number of carbonyl (C=O) groups is 1. The van der Waals surface area contributed by atoms with Crippen LogP contribution in [0.2, 0.25) is 0 Å². The van der Waals surface area contributed by atoms with E-state index in [2.05, 4.69) is 15.0 Å². The van der Waals surface area contributed by atoms with E-state index in [9.17, 15) is 4.79 Å². The topological polar surface area (TPSA) is 78.9 Å². The average molecular weight is 227 g/mol. The predicted molar refractivity (Wildman–Crippen MR) is 59.9 cm³/mol. The van der Waals surface area contributed by atoms with Crippen LogP contribution in [-0.2, 0) is 4.79 Å². The number of nitriles is 1. The van der Waals surface area contributed by atoms with Gasteiger partial charge in [0.05, 0.1) is 6.07 Å². The molecule has 0 fully saturated rings. The van der Waals surface area contributed by atoms with Gasteiger partial charge in [-0.2, -0.15) is 5.26 Å². The van der Waals surface area contributed by atoms with E-state index in [-0.39, 0.29) is 0 Å². The highest BCUT2D eigenvalue weighted by atomic mass is 16.5. The second-order valence-corrected chi connectivity index (χ2v) is 3.35. The maximum Gasteiger partial charge on any atom is 0.247 e. The van der Waals surface area contributed by atoms with Crippen LogP contribution in [0.25, 0.3) is 0 Å². The highest BCUT2D eigenvalue weighted by Crippen LogP contribution is 2.16. The highest BCUT2D eigenvalue weighted by molar-refractivity contribution is 5.96. The Morgan fingerprint density at radius 1 is 1.35 bits per heavy atom. The molecule has 1 aromatic heterocycles. The molecule has 5 nitrogen and oxygen atoms in total. The molecule has 1 amide bonds. The van der Waals surface area contributed by atoms with E-state index in [1.807, 2.05) is 12.1 Å². The van der Waals surface area contributed by atoms with Crippen molar-refractivity contribution in [2.45, 2.75) is 5.92 Å². The first kappa shape index (κ1) is 10.9. The molecule has 0 saturated heterocycles. The van der Waals surface area contributed by atoms with Crippen molar-refractivity contribution in [1.82, 2.24) is 5.16 Å². The fourth-order valence-corrected chi connectivity index (χ4v) is 1.41. The quantitative estimate of drug-likeness (QED) is 0.868. The number of nitrogens with one attached hydrogen (secondary N) is 1. The van der Waals surface area contributed by atoms with E-state index >= 15 is 0 Å². The van der Waals surface area contributed by atoms with Crippen molar-refractivity contribution >= 4 is 11.7 Å². The standard InChI is InChI=1S/C12H9N3O2/c13-8-10(9-4-2-1-3-5-9)12(16)14-11-6-7-17-15-11/h1-7,10H,(H,14,15,16). The lowest BCUT2D eigenvalue weighted by molar-refractivity contribution is -0.116. The molecule has 5 heteroatoms. The Kier molecular flexibility index (Phi) is 3.17. The molecule has 1 N–H and O–H groups in total. The van der Waals surface area contributed by atoms with Crippen molar-refractivity contribution in [3.05, 3.63) is 48.2 Å². The number of hydrogen-bond donors (Lipinski definition) is 1.